The molecular weight excluding hydrogens is 444 g/mol. The summed E-state index contributed by atoms with van der Waals surface area (Å²) in [7, 11) is 0. The second kappa shape index (κ2) is 9.25. The Morgan fingerprint density at radius 3 is 2.23 bits per heavy atom. The Labute approximate surface area is 203 Å². The topological polar surface area (TPSA) is 95.9 Å². The molecule has 2 aliphatic rings. The van der Waals surface area contributed by atoms with Gasteiger partial charge in [-0.25, -0.2) is 9.59 Å². The van der Waals surface area contributed by atoms with Crippen molar-refractivity contribution in [2.45, 2.75) is 37.8 Å². The maximum atomic E-state index is 13.0. The molecular formula is C28H26N2O5. The molecule has 2 N–H and O–H groups in total. The molecule has 1 unspecified atom stereocenters. The number of nitrogens with zero attached hydrogens (tertiary/aromatic N) is 1. The van der Waals surface area contributed by atoms with Crippen LogP contribution in [-0.4, -0.2) is 41.8 Å². The quantitative estimate of drug-likeness (QED) is 0.559. The van der Waals surface area contributed by atoms with Crippen LogP contribution in [0.4, 0.5) is 10.5 Å². The number of benzene rings is 3. The lowest BCUT2D eigenvalue weighted by molar-refractivity contribution is -0.140. The number of carbonyl (C=O) groups is 3. The summed E-state index contributed by atoms with van der Waals surface area (Å²) in [4.78, 5) is 38.7. The van der Waals surface area contributed by atoms with Gasteiger partial charge in [0.05, 0.1) is 0 Å². The fourth-order valence-electron chi connectivity index (χ4n) is 5.14. The van der Waals surface area contributed by atoms with Crippen LogP contribution in [0, 0.1) is 0 Å². The average Bonchev–Trinajstić information content (AvgIpc) is 3.39. The molecule has 1 aliphatic carbocycles. The molecule has 5 rings (SSSR count). The molecule has 35 heavy (non-hydrogen) atoms. The normalized spacial score (nSPS) is 16.7. The minimum absolute atomic E-state index is 0.0394. The first-order valence-electron chi connectivity index (χ1n) is 11.7. The van der Waals surface area contributed by atoms with E-state index in [2.05, 4.69) is 29.6 Å². The van der Waals surface area contributed by atoms with Crippen molar-refractivity contribution in [2.24, 2.45) is 0 Å². The highest BCUT2D eigenvalue weighted by molar-refractivity contribution is 6.02. The minimum atomic E-state index is -1.05. The second-order valence-corrected chi connectivity index (χ2v) is 9.03. The van der Waals surface area contributed by atoms with E-state index in [1.54, 1.807) is 19.1 Å². The Morgan fingerprint density at radius 2 is 1.57 bits per heavy atom. The van der Waals surface area contributed by atoms with E-state index in [-0.39, 0.29) is 31.3 Å². The van der Waals surface area contributed by atoms with E-state index in [0.717, 1.165) is 27.8 Å². The summed E-state index contributed by atoms with van der Waals surface area (Å²) in [6.07, 6.45) is -0.378. The van der Waals surface area contributed by atoms with Crippen LogP contribution in [0.1, 0.15) is 36.0 Å². The van der Waals surface area contributed by atoms with Gasteiger partial charge >= 0.3 is 12.1 Å². The van der Waals surface area contributed by atoms with E-state index in [9.17, 15) is 19.5 Å². The minimum Gasteiger partial charge on any atom is -0.480 e. The van der Waals surface area contributed by atoms with Crippen molar-refractivity contribution in [3.05, 3.63) is 89.5 Å². The summed E-state index contributed by atoms with van der Waals surface area (Å²) in [5.74, 6) is -1.46. The standard InChI is InChI=1S/C28H26N2O5/c1-17(14-26(31)30-24-13-7-2-8-18(24)15-25(30)27(32)33)29-28(34)35-16-23-21-11-5-3-9-19(21)20-10-4-6-12-22(20)23/h2-13,17,23,25H,14-16H2,1H3,(H,29,34)(H,32,33)/t17-,25?/m0/s1. The molecule has 0 fully saturated rings. The number of carboxylic acids is 1. The van der Waals surface area contributed by atoms with Crippen molar-refractivity contribution >= 4 is 23.7 Å². The zero-order valence-electron chi connectivity index (χ0n) is 19.3. The molecule has 178 valence electrons. The van der Waals surface area contributed by atoms with Gasteiger partial charge in [-0.2, -0.15) is 0 Å². The van der Waals surface area contributed by atoms with Crippen molar-refractivity contribution in [3.63, 3.8) is 0 Å². The van der Waals surface area contributed by atoms with Gasteiger partial charge in [-0.15, -0.1) is 0 Å². The number of rotatable bonds is 6. The molecule has 0 aromatic heterocycles. The van der Waals surface area contributed by atoms with E-state index >= 15 is 0 Å². The largest absolute Gasteiger partial charge is 0.480 e. The summed E-state index contributed by atoms with van der Waals surface area (Å²) >= 11 is 0. The second-order valence-electron chi connectivity index (χ2n) is 9.03. The average molecular weight is 471 g/mol. The van der Waals surface area contributed by atoms with Crippen molar-refractivity contribution in [1.29, 1.82) is 0 Å². The van der Waals surface area contributed by atoms with Crippen molar-refractivity contribution in [3.8, 4) is 11.1 Å². The molecule has 0 saturated carbocycles. The Morgan fingerprint density at radius 1 is 0.971 bits per heavy atom. The van der Waals surface area contributed by atoms with Crippen LogP contribution in [0.3, 0.4) is 0 Å². The Bertz CT molecular complexity index is 1260. The zero-order chi connectivity index (χ0) is 24.5. The third-order valence-corrected chi connectivity index (χ3v) is 6.72. The van der Waals surface area contributed by atoms with Gasteiger partial charge < -0.3 is 15.2 Å². The number of carbonyl (C=O) groups excluding carboxylic acids is 2. The van der Waals surface area contributed by atoms with Gasteiger partial charge in [0.25, 0.3) is 0 Å². The van der Waals surface area contributed by atoms with Crippen molar-refractivity contribution < 1.29 is 24.2 Å². The van der Waals surface area contributed by atoms with Gasteiger partial charge in [-0.1, -0.05) is 66.7 Å². The van der Waals surface area contributed by atoms with Gasteiger partial charge in [0, 0.05) is 30.5 Å². The number of aliphatic carboxylic acids is 1. The monoisotopic (exact) mass is 470 g/mol. The van der Waals surface area contributed by atoms with Gasteiger partial charge in [-0.3, -0.25) is 9.69 Å². The van der Waals surface area contributed by atoms with Crippen LogP contribution in [0.25, 0.3) is 11.1 Å². The summed E-state index contributed by atoms with van der Waals surface area (Å²) < 4.78 is 5.56. The predicted octanol–water partition coefficient (Wildman–Crippen LogP) is 4.35. The maximum absolute atomic E-state index is 13.0. The van der Waals surface area contributed by atoms with Gasteiger partial charge in [0.2, 0.25) is 5.91 Å². The van der Waals surface area contributed by atoms with Crippen LogP contribution in [0.5, 0.6) is 0 Å². The first kappa shape index (κ1) is 22.7. The molecule has 2 atom stereocenters. The number of ether oxygens (including phenoxy) is 1. The van der Waals surface area contributed by atoms with Crippen molar-refractivity contribution in [1.82, 2.24) is 5.32 Å². The molecule has 1 aliphatic heterocycles. The highest BCUT2D eigenvalue weighted by Gasteiger charge is 2.38. The molecule has 1 heterocycles. The van der Waals surface area contributed by atoms with Crippen LogP contribution >= 0.6 is 0 Å². The molecule has 2 amide bonds. The molecule has 7 heteroatoms. The lowest BCUT2D eigenvalue weighted by atomic mass is 9.98. The molecule has 0 spiro atoms. The third kappa shape index (κ3) is 4.25. The highest BCUT2D eigenvalue weighted by Crippen LogP contribution is 2.44. The first-order chi connectivity index (χ1) is 16.9. The molecule has 3 aromatic rings. The third-order valence-electron chi connectivity index (χ3n) is 6.72. The number of hydrogen-bond donors (Lipinski definition) is 2. The smallest absolute Gasteiger partial charge is 0.407 e. The number of anilines is 1. The zero-order valence-corrected chi connectivity index (χ0v) is 19.3. The Hall–Kier alpha value is -4.13. The summed E-state index contributed by atoms with van der Waals surface area (Å²) in [6.45, 7) is 1.89. The van der Waals surface area contributed by atoms with Crippen LogP contribution < -0.4 is 10.2 Å². The summed E-state index contributed by atoms with van der Waals surface area (Å²) in [5.41, 5.74) is 5.97. The SMILES string of the molecule is C[C@@H](CC(=O)N1c2ccccc2CC1C(=O)O)NC(=O)OCC1c2ccccc2-c2ccccc21. The highest BCUT2D eigenvalue weighted by atomic mass is 16.5. The van der Waals surface area contributed by atoms with Gasteiger partial charge in [-0.05, 0) is 40.8 Å². The predicted molar refractivity (Wildman–Crippen MR) is 131 cm³/mol. The number of amides is 2. The molecule has 0 radical (unpaired) electrons. The lowest BCUT2D eigenvalue weighted by Crippen LogP contribution is -2.45. The summed E-state index contributed by atoms with van der Waals surface area (Å²) in [5, 5.41) is 12.3. The molecule has 0 bridgehead atoms. The number of nitrogens with one attached hydrogen (secondary N) is 1. The first-order valence-corrected chi connectivity index (χ1v) is 11.7. The van der Waals surface area contributed by atoms with E-state index in [1.807, 2.05) is 36.4 Å². The molecule has 3 aromatic carbocycles. The van der Waals surface area contributed by atoms with Crippen LogP contribution in [0.2, 0.25) is 0 Å². The van der Waals surface area contributed by atoms with Crippen molar-refractivity contribution in [2.75, 3.05) is 11.5 Å². The van der Waals surface area contributed by atoms with Gasteiger partial charge in [0.1, 0.15) is 12.6 Å². The fourth-order valence-corrected chi connectivity index (χ4v) is 5.14. The lowest BCUT2D eigenvalue weighted by Gasteiger charge is -2.24. The van der Waals surface area contributed by atoms with Crippen LogP contribution in [-0.2, 0) is 20.7 Å². The fraction of sp³-hybridized carbons (Fsp3) is 0.250. The van der Waals surface area contributed by atoms with Crippen LogP contribution in [0.15, 0.2) is 72.8 Å². The number of para-hydroxylation sites is 1. The van der Waals surface area contributed by atoms with E-state index in [0.29, 0.717) is 5.69 Å². The Balaban J connectivity index is 1.21. The Kier molecular flexibility index (Phi) is 5.99. The number of alkyl carbamates (subject to hydrolysis) is 1. The number of carboxylic acid groups (broad SMARTS) is 1. The molecule has 7 nitrogen and oxygen atoms in total. The van der Waals surface area contributed by atoms with E-state index in [1.165, 1.54) is 4.90 Å². The van der Waals surface area contributed by atoms with E-state index < -0.39 is 24.1 Å². The number of hydrogen-bond acceptors (Lipinski definition) is 4. The molecule has 0 saturated heterocycles. The maximum Gasteiger partial charge on any atom is 0.407 e. The van der Waals surface area contributed by atoms with E-state index in [4.69, 9.17) is 4.74 Å². The number of fused-ring (bicyclic) bond motifs is 4. The van der Waals surface area contributed by atoms with Gasteiger partial charge in [0.15, 0.2) is 0 Å². The summed E-state index contributed by atoms with van der Waals surface area (Å²) in [6, 6.07) is 21.9.